The third-order valence-electron chi connectivity index (χ3n) is 3.29. The lowest BCUT2D eigenvalue weighted by molar-refractivity contribution is 0.407. The normalized spacial score (nSPS) is 19.9. The van der Waals surface area contributed by atoms with Gasteiger partial charge in [-0.1, -0.05) is 30.9 Å². The zero-order chi connectivity index (χ0) is 11.5. The number of nitrogens with two attached hydrogens (primary N) is 1. The zero-order valence-electron chi connectivity index (χ0n) is 9.82. The Bertz CT molecular complexity index is 340. The number of aromatic nitrogens is 2. The molecule has 1 fully saturated rings. The maximum Gasteiger partial charge on any atom is 0.0820 e. The smallest absolute Gasteiger partial charge is 0.0820 e. The van der Waals surface area contributed by atoms with Crippen LogP contribution in [0.5, 0.6) is 0 Å². The van der Waals surface area contributed by atoms with E-state index in [0.29, 0.717) is 5.92 Å². The van der Waals surface area contributed by atoms with Gasteiger partial charge in [-0.2, -0.15) is 5.10 Å². The van der Waals surface area contributed by atoms with E-state index in [1.807, 2.05) is 11.6 Å². The predicted octanol–water partition coefficient (Wildman–Crippen LogP) is 2.93. The van der Waals surface area contributed by atoms with Crippen LogP contribution >= 0.6 is 11.6 Å². The molecule has 1 aliphatic carbocycles. The van der Waals surface area contributed by atoms with E-state index in [4.69, 9.17) is 17.3 Å². The quantitative estimate of drug-likeness (QED) is 0.884. The molecule has 1 unspecified atom stereocenters. The molecule has 4 heteroatoms. The second-order valence-electron chi connectivity index (χ2n) is 4.87. The first-order valence-corrected chi connectivity index (χ1v) is 6.53. The van der Waals surface area contributed by atoms with E-state index >= 15 is 0 Å². The molecule has 0 radical (unpaired) electrons. The average molecular weight is 242 g/mol. The van der Waals surface area contributed by atoms with Gasteiger partial charge in [-0.3, -0.25) is 4.68 Å². The van der Waals surface area contributed by atoms with Gasteiger partial charge in [-0.25, -0.2) is 0 Å². The van der Waals surface area contributed by atoms with Gasteiger partial charge in [-0.05, 0) is 19.8 Å². The van der Waals surface area contributed by atoms with Crippen molar-refractivity contribution in [2.75, 3.05) is 0 Å². The van der Waals surface area contributed by atoms with Gasteiger partial charge >= 0.3 is 0 Å². The maximum absolute atomic E-state index is 6.24. The second kappa shape index (κ2) is 5.19. The Morgan fingerprint density at radius 2 is 2.19 bits per heavy atom. The van der Waals surface area contributed by atoms with Gasteiger partial charge < -0.3 is 5.73 Å². The highest BCUT2D eigenvalue weighted by molar-refractivity contribution is 6.31. The fraction of sp³-hybridized carbons (Fsp3) is 0.750. The molecule has 0 spiro atoms. The molecule has 1 aromatic rings. The molecule has 2 N–H and O–H groups in total. The molecule has 1 saturated carbocycles. The van der Waals surface area contributed by atoms with Crippen molar-refractivity contribution in [3.05, 3.63) is 16.9 Å². The summed E-state index contributed by atoms with van der Waals surface area (Å²) in [5.41, 5.74) is 7.04. The molecule has 1 atom stereocenters. The van der Waals surface area contributed by atoms with E-state index in [9.17, 15) is 0 Å². The lowest BCUT2D eigenvalue weighted by atomic mass is 9.87. The molecule has 16 heavy (non-hydrogen) atoms. The van der Waals surface area contributed by atoms with Gasteiger partial charge in [0.2, 0.25) is 0 Å². The van der Waals surface area contributed by atoms with Crippen molar-refractivity contribution in [1.82, 2.24) is 9.78 Å². The third kappa shape index (κ3) is 2.58. The van der Waals surface area contributed by atoms with Crippen LogP contribution in [0.15, 0.2) is 6.20 Å². The van der Waals surface area contributed by atoms with E-state index in [2.05, 4.69) is 5.10 Å². The Hall–Kier alpha value is -0.540. The molecular weight excluding hydrogens is 222 g/mol. The third-order valence-corrected chi connectivity index (χ3v) is 3.58. The van der Waals surface area contributed by atoms with Crippen LogP contribution in [0.3, 0.4) is 0 Å². The summed E-state index contributed by atoms with van der Waals surface area (Å²) in [6, 6.07) is 0.123. The van der Waals surface area contributed by atoms with Gasteiger partial charge in [0.1, 0.15) is 0 Å². The minimum absolute atomic E-state index is 0.123. The van der Waals surface area contributed by atoms with Crippen LogP contribution in [0.4, 0.5) is 0 Å². The van der Waals surface area contributed by atoms with E-state index in [1.54, 1.807) is 6.20 Å². The second-order valence-corrected chi connectivity index (χ2v) is 5.28. The Balaban J connectivity index is 2.19. The lowest BCUT2D eigenvalue weighted by Crippen LogP contribution is -2.25. The minimum Gasteiger partial charge on any atom is -0.326 e. The number of halogens is 1. The largest absolute Gasteiger partial charge is 0.326 e. The van der Waals surface area contributed by atoms with E-state index in [1.165, 1.54) is 37.8 Å². The van der Waals surface area contributed by atoms with Crippen molar-refractivity contribution >= 4 is 11.6 Å². The van der Waals surface area contributed by atoms with Crippen LogP contribution in [0.2, 0.25) is 5.02 Å². The number of hydrogen-bond acceptors (Lipinski definition) is 2. The first-order chi connectivity index (χ1) is 7.68. The van der Waals surface area contributed by atoms with E-state index < -0.39 is 0 Å². The van der Waals surface area contributed by atoms with Crippen molar-refractivity contribution in [2.24, 2.45) is 5.73 Å². The Morgan fingerprint density at radius 1 is 1.50 bits per heavy atom. The van der Waals surface area contributed by atoms with Crippen LogP contribution in [0.1, 0.15) is 50.6 Å². The van der Waals surface area contributed by atoms with Gasteiger partial charge in [0.15, 0.2) is 0 Å². The molecule has 0 aliphatic heterocycles. The minimum atomic E-state index is 0.123. The van der Waals surface area contributed by atoms with Crippen LogP contribution in [-0.4, -0.2) is 15.8 Å². The fourth-order valence-electron chi connectivity index (χ4n) is 2.57. The molecule has 1 aromatic heterocycles. The Kier molecular flexibility index (Phi) is 3.87. The van der Waals surface area contributed by atoms with Crippen LogP contribution in [0, 0.1) is 0 Å². The molecule has 0 aromatic carbocycles. The monoisotopic (exact) mass is 241 g/mol. The fourth-order valence-corrected chi connectivity index (χ4v) is 2.87. The standard InChI is InChI=1S/C12H20ClN3/c1-9(14)8-16-12(11(13)7-15-16)10-5-3-2-4-6-10/h7,9-10H,2-6,8,14H2,1H3. The maximum atomic E-state index is 6.24. The summed E-state index contributed by atoms with van der Waals surface area (Å²) in [5.74, 6) is 0.586. The Morgan fingerprint density at radius 3 is 2.81 bits per heavy atom. The molecule has 1 aliphatic rings. The molecular formula is C12H20ClN3. The Labute approximate surface area is 102 Å². The summed E-state index contributed by atoms with van der Waals surface area (Å²) in [4.78, 5) is 0. The molecule has 3 nitrogen and oxygen atoms in total. The summed E-state index contributed by atoms with van der Waals surface area (Å²) in [6.45, 7) is 2.76. The van der Waals surface area contributed by atoms with Crippen molar-refractivity contribution in [3.8, 4) is 0 Å². The lowest BCUT2D eigenvalue weighted by Gasteiger charge is -2.23. The van der Waals surface area contributed by atoms with Gasteiger partial charge in [-0.15, -0.1) is 0 Å². The summed E-state index contributed by atoms with van der Waals surface area (Å²) in [5, 5.41) is 5.15. The molecule has 0 bridgehead atoms. The van der Waals surface area contributed by atoms with Crippen molar-refractivity contribution in [3.63, 3.8) is 0 Å². The summed E-state index contributed by atoms with van der Waals surface area (Å²) >= 11 is 6.24. The van der Waals surface area contributed by atoms with E-state index in [-0.39, 0.29) is 6.04 Å². The summed E-state index contributed by atoms with van der Waals surface area (Å²) < 4.78 is 2.00. The summed E-state index contributed by atoms with van der Waals surface area (Å²) in [6.07, 6.45) is 8.22. The molecule has 0 amide bonds. The first kappa shape index (κ1) is 11.9. The number of nitrogens with zero attached hydrogens (tertiary/aromatic N) is 2. The summed E-state index contributed by atoms with van der Waals surface area (Å²) in [7, 11) is 0. The molecule has 0 saturated heterocycles. The number of hydrogen-bond donors (Lipinski definition) is 1. The number of rotatable bonds is 3. The highest BCUT2D eigenvalue weighted by Crippen LogP contribution is 2.36. The highest BCUT2D eigenvalue weighted by Gasteiger charge is 2.22. The van der Waals surface area contributed by atoms with Gasteiger partial charge in [0, 0.05) is 12.0 Å². The van der Waals surface area contributed by atoms with Crippen LogP contribution < -0.4 is 5.73 Å². The predicted molar refractivity (Wildman–Crippen MR) is 66.7 cm³/mol. The SMILES string of the molecule is CC(N)Cn1ncc(Cl)c1C1CCCCC1. The molecule has 90 valence electrons. The van der Waals surface area contributed by atoms with Crippen LogP contribution in [-0.2, 0) is 6.54 Å². The molecule has 2 rings (SSSR count). The van der Waals surface area contributed by atoms with E-state index in [0.717, 1.165) is 11.6 Å². The highest BCUT2D eigenvalue weighted by atomic mass is 35.5. The topological polar surface area (TPSA) is 43.8 Å². The zero-order valence-corrected chi connectivity index (χ0v) is 10.6. The van der Waals surface area contributed by atoms with Crippen molar-refractivity contribution in [1.29, 1.82) is 0 Å². The van der Waals surface area contributed by atoms with Gasteiger partial charge in [0.05, 0.1) is 23.5 Å². The van der Waals surface area contributed by atoms with Gasteiger partial charge in [0.25, 0.3) is 0 Å². The van der Waals surface area contributed by atoms with Crippen molar-refractivity contribution in [2.45, 2.75) is 57.5 Å². The molecule has 1 heterocycles. The average Bonchev–Trinajstić information content (AvgIpc) is 2.60. The van der Waals surface area contributed by atoms with Crippen LogP contribution in [0.25, 0.3) is 0 Å². The first-order valence-electron chi connectivity index (χ1n) is 6.15. The van der Waals surface area contributed by atoms with Crippen molar-refractivity contribution < 1.29 is 0 Å².